The van der Waals surface area contributed by atoms with Gasteiger partial charge >= 0.3 is 6.09 Å². The van der Waals surface area contributed by atoms with Crippen molar-refractivity contribution in [3.05, 3.63) is 11.6 Å². The van der Waals surface area contributed by atoms with Gasteiger partial charge in [0.25, 0.3) is 0 Å². The van der Waals surface area contributed by atoms with Crippen LogP contribution in [0.1, 0.15) is 33.1 Å². The Morgan fingerprint density at radius 2 is 2.29 bits per heavy atom. The second-order valence-corrected chi connectivity index (χ2v) is 5.07. The summed E-state index contributed by atoms with van der Waals surface area (Å²) in [6.07, 6.45) is 3.78. The summed E-state index contributed by atoms with van der Waals surface area (Å²) in [5.41, 5.74) is 1.17. The van der Waals surface area contributed by atoms with E-state index < -0.39 is 0 Å². The molecule has 1 unspecified atom stereocenters. The predicted octanol–water partition coefficient (Wildman–Crippen LogP) is 2.14. The van der Waals surface area contributed by atoms with Crippen LogP contribution in [0.5, 0.6) is 0 Å². The van der Waals surface area contributed by atoms with Crippen LogP contribution in [0.25, 0.3) is 0 Å². The summed E-state index contributed by atoms with van der Waals surface area (Å²) in [4.78, 5) is 24.9. The summed E-state index contributed by atoms with van der Waals surface area (Å²) >= 11 is 0. The first-order valence-electron chi connectivity index (χ1n) is 6.21. The van der Waals surface area contributed by atoms with Gasteiger partial charge in [-0.05, 0) is 25.8 Å². The maximum Gasteiger partial charge on any atom is 0.409 e. The second-order valence-electron chi connectivity index (χ2n) is 5.07. The summed E-state index contributed by atoms with van der Waals surface area (Å²) < 4.78 is 5.03. The summed E-state index contributed by atoms with van der Waals surface area (Å²) in [5.74, 6) is 0.224. The van der Waals surface area contributed by atoms with E-state index in [1.54, 1.807) is 11.0 Å². The largest absolute Gasteiger partial charge is 0.450 e. The number of nitrogens with zero attached hydrogens (tertiary/aromatic N) is 1. The minimum absolute atomic E-state index is 0.0288. The zero-order chi connectivity index (χ0) is 12.5. The number of hydrogen-bond donors (Lipinski definition) is 0. The van der Waals surface area contributed by atoms with Gasteiger partial charge in [0.05, 0.1) is 6.61 Å². The minimum Gasteiger partial charge on any atom is -0.450 e. The Morgan fingerprint density at radius 3 is 3.00 bits per heavy atom. The molecule has 0 N–H and O–H groups in total. The summed E-state index contributed by atoms with van der Waals surface area (Å²) in [6, 6.07) is 0. The van der Waals surface area contributed by atoms with Crippen molar-refractivity contribution in [2.75, 3.05) is 19.7 Å². The van der Waals surface area contributed by atoms with E-state index in [0.29, 0.717) is 26.1 Å². The van der Waals surface area contributed by atoms with Crippen molar-refractivity contribution in [2.24, 2.45) is 5.41 Å². The molecule has 2 rings (SSSR count). The lowest BCUT2D eigenvalue weighted by atomic mass is 9.70. The first-order chi connectivity index (χ1) is 8.05. The van der Waals surface area contributed by atoms with Crippen molar-refractivity contribution in [3.63, 3.8) is 0 Å². The first-order valence-corrected chi connectivity index (χ1v) is 6.21. The number of ether oxygens (including phenoxy) is 1. The molecule has 1 atom stereocenters. The molecule has 0 aromatic heterocycles. The van der Waals surface area contributed by atoms with Gasteiger partial charge in [-0.3, -0.25) is 4.79 Å². The Bertz CT molecular complexity index is 375. The summed E-state index contributed by atoms with van der Waals surface area (Å²) in [5, 5.41) is 0. The molecule has 17 heavy (non-hydrogen) atoms. The van der Waals surface area contributed by atoms with Crippen LogP contribution in [0.3, 0.4) is 0 Å². The highest BCUT2D eigenvalue weighted by Crippen LogP contribution is 2.41. The predicted molar refractivity (Wildman–Crippen MR) is 63.6 cm³/mol. The number of amides is 1. The minimum atomic E-state index is -0.232. The van der Waals surface area contributed by atoms with E-state index in [1.807, 2.05) is 6.92 Å². The highest BCUT2D eigenvalue weighted by atomic mass is 16.6. The van der Waals surface area contributed by atoms with Crippen LogP contribution in [0, 0.1) is 5.41 Å². The quantitative estimate of drug-likeness (QED) is 0.702. The maximum absolute atomic E-state index is 11.7. The van der Waals surface area contributed by atoms with Gasteiger partial charge in [0.2, 0.25) is 0 Å². The van der Waals surface area contributed by atoms with E-state index in [9.17, 15) is 9.59 Å². The van der Waals surface area contributed by atoms with Crippen molar-refractivity contribution < 1.29 is 14.3 Å². The topological polar surface area (TPSA) is 46.6 Å². The summed E-state index contributed by atoms with van der Waals surface area (Å²) in [7, 11) is 0. The number of hydrogen-bond acceptors (Lipinski definition) is 3. The lowest BCUT2D eigenvalue weighted by Crippen LogP contribution is -2.47. The number of rotatable bonds is 1. The van der Waals surface area contributed by atoms with Gasteiger partial charge in [0, 0.05) is 24.9 Å². The Kier molecular flexibility index (Phi) is 3.22. The second kappa shape index (κ2) is 4.51. The fourth-order valence-corrected chi connectivity index (χ4v) is 2.68. The molecule has 1 saturated heterocycles. The lowest BCUT2D eigenvalue weighted by molar-refractivity contribution is -0.116. The molecule has 4 heteroatoms. The monoisotopic (exact) mass is 237 g/mol. The molecule has 0 spiro atoms. The molecule has 0 bridgehead atoms. The first kappa shape index (κ1) is 12.1. The van der Waals surface area contributed by atoms with Gasteiger partial charge in [-0.25, -0.2) is 4.79 Å². The molecule has 0 radical (unpaired) electrons. The van der Waals surface area contributed by atoms with Crippen molar-refractivity contribution in [1.82, 2.24) is 4.90 Å². The number of likely N-dealkylation sites (tertiary alicyclic amines) is 1. The molecular weight excluding hydrogens is 218 g/mol. The fourth-order valence-electron chi connectivity index (χ4n) is 2.68. The van der Waals surface area contributed by atoms with Gasteiger partial charge in [-0.1, -0.05) is 12.5 Å². The lowest BCUT2D eigenvalue weighted by Gasteiger charge is -2.43. The zero-order valence-electron chi connectivity index (χ0n) is 10.5. The third-order valence-corrected chi connectivity index (χ3v) is 3.75. The van der Waals surface area contributed by atoms with Crippen molar-refractivity contribution in [3.8, 4) is 0 Å². The van der Waals surface area contributed by atoms with E-state index in [0.717, 1.165) is 12.8 Å². The van der Waals surface area contributed by atoms with Gasteiger partial charge in [0.15, 0.2) is 5.78 Å². The number of fused-ring (bicyclic) bond motifs is 1. The third-order valence-electron chi connectivity index (χ3n) is 3.75. The average molecular weight is 237 g/mol. The van der Waals surface area contributed by atoms with Crippen LogP contribution in [-0.4, -0.2) is 36.5 Å². The Balaban J connectivity index is 2.11. The van der Waals surface area contributed by atoms with Gasteiger partial charge < -0.3 is 9.64 Å². The van der Waals surface area contributed by atoms with Gasteiger partial charge in [-0.2, -0.15) is 0 Å². The molecule has 1 heterocycles. The van der Waals surface area contributed by atoms with Gasteiger partial charge in [-0.15, -0.1) is 0 Å². The van der Waals surface area contributed by atoms with Crippen molar-refractivity contribution in [2.45, 2.75) is 33.1 Å². The van der Waals surface area contributed by atoms with Crippen LogP contribution in [0.15, 0.2) is 11.6 Å². The van der Waals surface area contributed by atoms with E-state index >= 15 is 0 Å². The molecule has 1 aliphatic carbocycles. The van der Waals surface area contributed by atoms with Crippen molar-refractivity contribution in [1.29, 1.82) is 0 Å². The number of allylic oxidation sites excluding steroid dienone is 1. The average Bonchev–Trinajstić information content (AvgIpc) is 2.29. The molecule has 0 saturated carbocycles. The third kappa shape index (κ3) is 2.35. The molecular formula is C13H19NO3. The van der Waals surface area contributed by atoms with E-state index in [1.165, 1.54) is 5.57 Å². The molecule has 94 valence electrons. The van der Waals surface area contributed by atoms with Crippen LogP contribution < -0.4 is 0 Å². The van der Waals surface area contributed by atoms with E-state index in [-0.39, 0.29) is 17.3 Å². The number of carbonyl (C=O) groups is 2. The molecule has 2 aliphatic rings. The highest BCUT2D eigenvalue weighted by molar-refractivity contribution is 5.91. The highest BCUT2D eigenvalue weighted by Gasteiger charge is 2.39. The molecule has 1 amide bonds. The Hall–Kier alpha value is -1.32. The number of ketones is 1. The van der Waals surface area contributed by atoms with E-state index in [4.69, 9.17) is 4.74 Å². The molecule has 1 fully saturated rings. The molecule has 0 aromatic rings. The molecule has 1 aliphatic heterocycles. The molecule has 0 aromatic carbocycles. The fraction of sp³-hybridized carbons (Fsp3) is 0.692. The Morgan fingerprint density at radius 1 is 1.53 bits per heavy atom. The van der Waals surface area contributed by atoms with E-state index in [2.05, 4.69) is 6.92 Å². The van der Waals surface area contributed by atoms with Crippen LogP contribution >= 0.6 is 0 Å². The van der Waals surface area contributed by atoms with Crippen LogP contribution in [-0.2, 0) is 9.53 Å². The van der Waals surface area contributed by atoms with Crippen LogP contribution in [0.4, 0.5) is 4.79 Å². The standard InChI is InChI=1S/C13H19NO3/c1-3-17-12(16)14-7-5-10-8-11(15)4-6-13(10,2)9-14/h8H,3-7,9H2,1-2H3. The number of carbonyl (C=O) groups excluding carboxylic acids is 2. The molecule has 4 nitrogen and oxygen atoms in total. The Labute approximate surface area is 102 Å². The smallest absolute Gasteiger partial charge is 0.409 e. The zero-order valence-corrected chi connectivity index (χ0v) is 10.5. The summed E-state index contributed by atoms with van der Waals surface area (Å²) in [6.45, 7) is 5.69. The van der Waals surface area contributed by atoms with Gasteiger partial charge in [0.1, 0.15) is 0 Å². The maximum atomic E-state index is 11.7. The normalized spacial score (nSPS) is 28.5. The van der Waals surface area contributed by atoms with Crippen molar-refractivity contribution >= 4 is 11.9 Å². The van der Waals surface area contributed by atoms with Crippen LogP contribution in [0.2, 0.25) is 0 Å². The SMILES string of the molecule is CCOC(=O)N1CCC2=CC(=O)CCC2(C)C1. The number of piperidine rings is 1.